The molecule has 0 heterocycles. The van der Waals surface area contributed by atoms with Crippen molar-refractivity contribution >= 4 is 38.6 Å². The number of hydrogen-bond acceptors (Lipinski definition) is 1. The van der Waals surface area contributed by atoms with Crippen LogP contribution >= 0.6 is 0 Å². The molecule has 0 N–H and O–H groups in total. The van der Waals surface area contributed by atoms with Crippen LogP contribution in [-0.2, 0) is 5.41 Å². The van der Waals surface area contributed by atoms with Gasteiger partial charge >= 0.3 is 0 Å². The maximum absolute atomic E-state index is 2.52. The van der Waals surface area contributed by atoms with Gasteiger partial charge in [0.15, 0.2) is 0 Å². The second kappa shape index (κ2) is 16.0. The number of rotatable bonds is 7. The van der Waals surface area contributed by atoms with Crippen molar-refractivity contribution in [3.63, 3.8) is 0 Å². The zero-order chi connectivity index (χ0) is 46.2. The molecule has 70 heavy (non-hydrogen) atoms. The first-order valence-electron chi connectivity index (χ1n) is 24.3. The van der Waals surface area contributed by atoms with Gasteiger partial charge in [-0.2, -0.15) is 0 Å². The molecule has 12 aromatic rings. The summed E-state index contributed by atoms with van der Waals surface area (Å²) in [6, 6.07) is 101. The van der Waals surface area contributed by atoms with Gasteiger partial charge in [-0.1, -0.05) is 237 Å². The topological polar surface area (TPSA) is 3.24 Å². The van der Waals surface area contributed by atoms with Gasteiger partial charge in [0.25, 0.3) is 0 Å². The van der Waals surface area contributed by atoms with Gasteiger partial charge in [0.1, 0.15) is 0 Å². The molecule has 0 amide bonds. The van der Waals surface area contributed by atoms with E-state index in [0.717, 1.165) is 17.1 Å². The molecule has 0 aromatic heterocycles. The highest BCUT2D eigenvalue weighted by Gasteiger charge is 2.51. The Morgan fingerprint density at radius 3 is 1.40 bits per heavy atom. The molecule has 2 aliphatic carbocycles. The van der Waals surface area contributed by atoms with Crippen molar-refractivity contribution in [2.75, 3.05) is 4.90 Å². The van der Waals surface area contributed by atoms with Crippen molar-refractivity contribution in [2.45, 2.75) is 5.41 Å². The first-order valence-corrected chi connectivity index (χ1v) is 24.3. The van der Waals surface area contributed by atoms with Gasteiger partial charge in [0, 0.05) is 16.9 Å². The molecule has 1 spiro atoms. The molecule has 2 aliphatic rings. The van der Waals surface area contributed by atoms with Gasteiger partial charge in [-0.3, -0.25) is 0 Å². The fraction of sp³-hybridized carbons (Fsp3) is 0.0145. The van der Waals surface area contributed by atoms with E-state index in [4.69, 9.17) is 0 Å². The Balaban J connectivity index is 1.02. The standard InChI is InChI=1S/C69H45N/c1-3-18-47(19-4-1)55-24-9-10-28-62(55)68-57(48-20-5-2-6-21-48)29-17-33-67(68)70(52-39-36-46(37-40-52)50-38-42-56-51(44-50)35-34-49-22-7-8-23-54(49)56)53-41-43-61-60-27-13-16-32-65(60)69(66(61)45-53)63-30-14-11-25-58(63)59-26-12-15-31-64(59)69/h1-45H. The van der Waals surface area contributed by atoms with E-state index in [1.165, 1.54) is 111 Å². The molecule has 0 saturated heterocycles. The lowest BCUT2D eigenvalue weighted by Crippen LogP contribution is -2.26. The number of fused-ring (bicyclic) bond motifs is 13. The maximum atomic E-state index is 2.52. The van der Waals surface area contributed by atoms with E-state index in [-0.39, 0.29) is 0 Å². The minimum atomic E-state index is -0.485. The Labute approximate surface area is 408 Å². The largest absolute Gasteiger partial charge is 0.310 e. The summed E-state index contributed by atoms with van der Waals surface area (Å²) < 4.78 is 0. The summed E-state index contributed by atoms with van der Waals surface area (Å²) in [6.45, 7) is 0. The van der Waals surface area contributed by atoms with Crippen LogP contribution in [-0.4, -0.2) is 0 Å². The monoisotopic (exact) mass is 887 g/mol. The Hall–Kier alpha value is -9.04. The molecule has 0 saturated carbocycles. The maximum Gasteiger partial charge on any atom is 0.0726 e. The van der Waals surface area contributed by atoms with Gasteiger partial charge in [0.2, 0.25) is 0 Å². The zero-order valence-electron chi connectivity index (χ0n) is 38.4. The van der Waals surface area contributed by atoms with E-state index in [1.54, 1.807) is 0 Å². The van der Waals surface area contributed by atoms with Crippen LogP contribution in [0.15, 0.2) is 273 Å². The third-order valence-corrected chi connectivity index (χ3v) is 15.1. The third kappa shape index (κ3) is 6.05. The van der Waals surface area contributed by atoms with Crippen LogP contribution in [0.25, 0.3) is 88.3 Å². The van der Waals surface area contributed by atoms with Gasteiger partial charge in [-0.25, -0.2) is 0 Å². The molecule has 0 bridgehead atoms. The molecule has 12 aromatic carbocycles. The summed E-state index contributed by atoms with van der Waals surface area (Å²) in [5.74, 6) is 0. The lowest BCUT2D eigenvalue weighted by molar-refractivity contribution is 0.793. The number of benzene rings is 12. The van der Waals surface area contributed by atoms with Crippen LogP contribution in [0.4, 0.5) is 17.1 Å². The van der Waals surface area contributed by atoms with E-state index < -0.39 is 5.41 Å². The fourth-order valence-corrected chi connectivity index (χ4v) is 12.1. The summed E-state index contributed by atoms with van der Waals surface area (Å²) in [7, 11) is 0. The number of nitrogens with zero attached hydrogens (tertiary/aromatic N) is 1. The van der Waals surface area contributed by atoms with E-state index in [9.17, 15) is 0 Å². The van der Waals surface area contributed by atoms with Crippen molar-refractivity contribution < 1.29 is 0 Å². The minimum absolute atomic E-state index is 0.485. The fourth-order valence-electron chi connectivity index (χ4n) is 12.1. The van der Waals surface area contributed by atoms with Gasteiger partial charge in [-0.15, -0.1) is 0 Å². The normalized spacial score (nSPS) is 12.7. The predicted octanol–water partition coefficient (Wildman–Crippen LogP) is 18.5. The molecule has 1 heteroatoms. The third-order valence-electron chi connectivity index (χ3n) is 15.1. The number of hydrogen-bond donors (Lipinski definition) is 0. The van der Waals surface area contributed by atoms with E-state index >= 15 is 0 Å². The predicted molar refractivity (Wildman–Crippen MR) is 294 cm³/mol. The highest BCUT2D eigenvalue weighted by molar-refractivity contribution is 6.09. The SMILES string of the molecule is c1ccc(-c2ccccc2-c2c(-c3ccccc3)cccc2N(c2ccc(-c3ccc4c(ccc5ccccc54)c3)cc2)c2ccc3c(c2)C2(c4ccccc4-c4ccccc42)c2ccccc2-3)cc1. The average molecular weight is 888 g/mol. The van der Waals surface area contributed by atoms with E-state index in [2.05, 4.69) is 278 Å². The van der Waals surface area contributed by atoms with Crippen LogP contribution in [0, 0.1) is 0 Å². The summed E-state index contributed by atoms with van der Waals surface area (Å²) in [6.07, 6.45) is 0. The lowest BCUT2D eigenvalue weighted by atomic mass is 9.70. The van der Waals surface area contributed by atoms with Crippen molar-refractivity contribution in [1.82, 2.24) is 0 Å². The van der Waals surface area contributed by atoms with Crippen molar-refractivity contribution in [3.05, 3.63) is 295 Å². The highest BCUT2D eigenvalue weighted by Crippen LogP contribution is 2.63. The van der Waals surface area contributed by atoms with Crippen molar-refractivity contribution in [1.29, 1.82) is 0 Å². The second-order valence-corrected chi connectivity index (χ2v) is 18.7. The molecule has 0 aliphatic heterocycles. The quantitative estimate of drug-likeness (QED) is 0.144. The number of anilines is 3. The molecule has 0 atom stereocenters. The Morgan fingerprint density at radius 2 is 0.729 bits per heavy atom. The van der Waals surface area contributed by atoms with Gasteiger partial charge < -0.3 is 4.90 Å². The smallest absolute Gasteiger partial charge is 0.0726 e. The first kappa shape index (κ1) is 40.1. The Morgan fingerprint density at radius 1 is 0.243 bits per heavy atom. The minimum Gasteiger partial charge on any atom is -0.310 e. The van der Waals surface area contributed by atoms with Crippen molar-refractivity contribution in [2.24, 2.45) is 0 Å². The molecule has 0 radical (unpaired) electrons. The molecule has 14 rings (SSSR count). The summed E-state index contributed by atoms with van der Waals surface area (Å²) in [4.78, 5) is 2.52. The van der Waals surface area contributed by atoms with Crippen LogP contribution < -0.4 is 4.90 Å². The molecular formula is C69H45N. The van der Waals surface area contributed by atoms with Crippen LogP contribution in [0.3, 0.4) is 0 Å². The molecule has 1 nitrogen and oxygen atoms in total. The molecule has 326 valence electrons. The molecule has 0 fully saturated rings. The van der Waals surface area contributed by atoms with Gasteiger partial charge in [-0.05, 0) is 141 Å². The Bertz CT molecular complexity index is 3930. The zero-order valence-corrected chi connectivity index (χ0v) is 38.4. The first-order chi connectivity index (χ1) is 34.7. The summed E-state index contributed by atoms with van der Waals surface area (Å²) in [5.41, 5.74) is 22.7. The average Bonchev–Trinajstić information content (AvgIpc) is 3.91. The Kier molecular flexibility index (Phi) is 9.19. The second-order valence-electron chi connectivity index (χ2n) is 18.7. The van der Waals surface area contributed by atoms with Crippen LogP contribution in [0.5, 0.6) is 0 Å². The molecular weight excluding hydrogens is 843 g/mol. The lowest BCUT2D eigenvalue weighted by Gasteiger charge is -2.33. The van der Waals surface area contributed by atoms with E-state index in [0.29, 0.717) is 0 Å². The van der Waals surface area contributed by atoms with Crippen LogP contribution in [0.2, 0.25) is 0 Å². The summed E-state index contributed by atoms with van der Waals surface area (Å²) in [5, 5.41) is 5.06. The van der Waals surface area contributed by atoms with Crippen LogP contribution in [0.1, 0.15) is 22.3 Å². The van der Waals surface area contributed by atoms with Crippen molar-refractivity contribution in [3.8, 4) is 66.8 Å². The summed E-state index contributed by atoms with van der Waals surface area (Å²) >= 11 is 0. The molecule has 0 unspecified atom stereocenters. The van der Waals surface area contributed by atoms with Gasteiger partial charge in [0.05, 0.1) is 11.1 Å². The van der Waals surface area contributed by atoms with E-state index in [1.807, 2.05) is 0 Å². The highest BCUT2D eigenvalue weighted by atomic mass is 15.1.